The van der Waals surface area contributed by atoms with Crippen molar-refractivity contribution >= 4 is 17.5 Å². The molecule has 0 aromatic carbocycles. The van der Waals surface area contributed by atoms with Crippen molar-refractivity contribution in [2.24, 2.45) is 5.41 Å². The van der Waals surface area contributed by atoms with Crippen LogP contribution in [0.15, 0.2) is 0 Å². The van der Waals surface area contributed by atoms with Gasteiger partial charge >= 0.3 is 6.01 Å². The number of hydrogen-bond acceptors (Lipinski definition) is 6. The van der Waals surface area contributed by atoms with Crippen LogP contribution in [0.25, 0.3) is 0 Å². The Morgan fingerprint density at radius 3 is 2.56 bits per heavy atom. The fourth-order valence-electron chi connectivity index (χ4n) is 2.17. The van der Waals surface area contributed by atoms with E-state index in [0.717, 1.165) is 6.42 Å². The largest absolute Gasteiger partial charge is 0.467 e. The van der Waals surface area contributed by atoms with Crippen molar-refractivity contribution in [3.8, 4) is 6.01 Å². The van der Waals surface area contributed by atoms with Crippen molar-refractivity contribution in [3.63, 3.8) is 0 Å². The van der Waals surface area contributed by atoms with Gasteiger partial charge in [0.1, 0.15) is 0 Å². The number of anilines is 1. The van der Waals surface area contributed by atoms with Gasteiger partial charge in [-0.05, 0) is 18.0 Å². The quantitative estimate of drug-likeness (QED) is 0.901. The van der Waals surface area contributed by atoms with Gasteiger partial charge in [0.25, 0.3) is 0 Å². The molecule has 0 bridgehead atoms. The summed E-state index contributed by atoms with van der Waals surface area (Å²) in [6.07, 6.45) is 1.16. The molecule has 1 fully saturated rings. The van der Waals surface area contributed by atoms with Crippen molar-refractivity contribution in [2.75, 3.05) is 19.5 Å². The molecule has 100 valence electrons. The van der Waals surface area contributed by atoms with Gasteiger partial charge in [-0.15, -0.1) is 0 Å². The van der Waals surface area contributed by atoms with Crippen LogP contribution in [0.5, 0.6) is 6.01 Å². The first-order valence-electron chi connectivity index (χ1n) is 5.72. The van der Waals surface area contributed by atoms with Crippen LogP contribution in [-0.2, 0) is 4.74 Å². The molecule has 1 aromatic rings. The zero-order valence-electron chi connectivity index (χ0n) is 10.9. The molecule has 2 atom stereocenters. The van der Waals surface area contributed by atoms with Crippen LogP contribution in [0.1, 0.15) is 20.3 Å². The second-order valence-corrected chi connectivity index (χ2v) is 5.23. The van der Waals surface area contributed by atoms with E-state index in [1.54, 1.807) is 7.11 Å². The van der Waals surface area contributed by atoms with Gasteiger partial charge in [-0.1, -0.05) is 13.8 Å². The van der Waals surface area contributed by atoms with E-state index in [2.05, 4.69) is 34.1 Å². The minimum Gasteiger partial charge on any atom is -0.467 e. The molecule has 1 aliphatic carbocycles. The molecule has 1 aliphatic rings. The Kier molecular flexibility index (Phi) is 3.59. The molecular formula is C11H17ClN4O2. The van der Waals surface area contributed by atoms with Crippen LogP contribution < -0.4 is 10.1 Å². The summed E-state index contributed by atoms with van der Waals surface area (Å²) in [4.78, 5) is 12.0. The molecule has 0 aliphatic heterocycles. The Bertz CT molecular complexity index is 441. The number of methoxy groups -OCH3 is 2. The van der Waals surface area contributed by atoms with Gasteiger partial charge in [0.05, 0.1) is 13.2 Å². The maximum Gasteiger partial charge on any atom is 0.322 e. The molecule has 0 amide bonds. The number of rotatable bonds is 4. The van der Waals surface area contributed by atoms with Gasteiger partial charge < -0.3 is 14.8 Å². The molecule has 1 aromatic heterocycles. The van der Waals surface area contributed by atoms with Gasteiger partial charge in [-0.3, -0.25) is 0 Å². The first-order chi connectivity index (χ1) is 8.47. The zero-order chi connectivity index (χ0) is 13.3. The lowest BCUT2D eigenvalue weighted by Crippen LogP contribution is -2.57. The summed E-state index contributed by atoms with van der Waals surface area (Å²) < 4.78 is 10.3. The van der Waals surface area contributed by atoms with Crippen LogP contribution >= 0.6 is 11.6 Å². The molecule has 0 spiro atoms. The summed E-state index contributed by atoms with van der Waals surface area (Å²) >= 11 is 5.79. The summed E-state index contributed by atoms with van der Waals surface area (Å²) in [6.45, 7) is 4.28. The highest BCUT2D eigenvalue weighted by Crippen LogP contribution is 2.43. The molecule has 18 heavy (non-hydrogen) atoms. The first kappa shape index (κ1) is 13.3. The highest BCUT2D eigenvalue weighted by molar-refractivity contribution is 6.28. The average molecular weight is 273 g/mol. The van der Waals surface area contributed by atoms with Gasteiger partial charge in [-0.2, -0.15) is 15.0 Å². The van der Waals surface area contributed by atoms with E-state index in [9.17, 15) is 0 Å². The van der Waals surface area contributed by atoms with Crippen molar-refractivity contribution in [3.05, 3.63) is 5.28 Å². The fraction of sp³-hybridized carbons (Fsp3) is 0.727. The highest BCUT2D eigenvalue weighted by atomic mass is 35.5. The Morgan fingerprint density at radius 2 is 2.00 bits per heavy atom. The summed E-state index contributed by atoms with van der Waals surface area (Å²) in [5, 5.41) is 3.36. The lowest BCUT2D eigenvalue weighted by molar-refractivity contribution is -0.0796. The third-order valence-electron chi connectivity index (χ3n) is 3.54. The summed E-state index contributed by atoms with van der Waals surface area (Å²) in [5.74, 6) is 0.430. The molecule has 6 nitrogen and oxygen atoms in total. The number of hydrogen-bond donors (Lipinski definition) is 1. The zero-order valence-corrected chi connectivity index (χ0v) is 11.7. The van der Waals surface area contributed by atoms with E-state index in [1.807, 2.05) is 0 Å². The fourth-order valence-corrected chi connectivity index (χ4v) is 2.33. The molecule has 1 N–H and O–H groups in total. The molecule has 7 heteroatoms. The molecule has 0 saturated heterocycles. The SMILES string of the molecule is COc1nc(Cl)nc(NC2CC(OC)C2(C)C)n1. The van der Waals surface area contributed by atoms with Crippen LogP contribution in [0.3, 0.4) is 0 Å². The minimum absolute atomic E-state index is 0.0289. The van der Waals surface area contributed by atoms with Gasteiger partial charge in [0.15, 0.2) is 0 Å². The highest BCUT2D eigenvalue weighted by Gasteiger charge is 2.48. The maximum atomic E-state index is 5.79. The average Bonchev–Trinajstić information content (AvgIpc) is 2.33. The van der Waals surface area contributed by atoms with Crippen molar-refractivity contribution in [1.29, 1.82) is 0 Å². The smallest absolute Gasteiger partial charge is 0.322 e. The monoisotopic (exact) mass is 272 g/mol. The second-order valence-electron chi connectivity index (χ2n) is 4.89. The molecule has 1 heterocycles. The van der Waals surface area contributed by atoms with Crippen LogP contribution in [0.2, 0.25) is 5.28 Å². The minimum atomic E-state index is 0.0289. The lowest BCUT2D eigenvalue weighted by atomic mass is 9.64. The normalized spacial score (nSPS) is 25.4. The van der Waals surface area contributed by atoms with Crippen molar-refractivity contribution < 1.29 is 9.47 Å². The number of ether oxygens (including phenoxy) is 2. The predicted molar refractivity (Wildman–Crippen MR) is 68.0 cm³/mol. The van der Waals surface area contributed by atoms with E-state index in [-0.39, 0.29) is 28.9 Å². The second kappa shape index (κ2) is 4.85. The van der Waals surface area contributed by atoms with Crippen molar-refractivity contribution in [1.82, 2.24) is 15.0 Å². The van der Waals surface area contributed by atoms with Crippen LogP contribution in [0, 0.1) is 5.41 Å². The summed E-state index contributed by atoms with van der Waals surface area (Å²) in [5.41, 5.74) is 0.0289. The Hall–Kier alpha value is -1.14. The van der Waals surface area contributed by atoms with E-state index in [0.29, 0.717) is 5.95 Å². The summed E-state index contributed by atoms with van der Waals surface area (Å²) in [6, 6.07) is 0.448. The number of halogens is 1. The van der Waals surface area contributed by atoms with Gasteiger partial charge in [0, 0.05) is 18.6 Å². The topological polar surface area (TPSA) is 69.2 Å². The number of nitrogens with zero attached hydrogens (tertiary/aromatic N) is 3. The molecule has 2 rings (SSSR count). The Balaban J connectivity index is 2.09. The van der Waals surface area contributed by atoms with Gasteiger partial charge in [0.2, 0.25) is 11.2 Å². The van der Waals surface area contributed by atoms with Crippen LogP contribution in [-0.4, -0.2) is 41.3 Å². The predicted octanol–water partition coefficient (Wildman–Crippen LogP) is 1.76. The standard InChI is InChI=1S/C11H17ClN4O2/c1-11(2)6(5-7(11)17-3)13-9-14-8(12)15-10(16-9)18-4/h6-7H,5H2,1-4H3,(H,13,14,15,16). The first-order valence-corrected chi connectivity index (χ1v) is 6.10. The van der Waals surface area contributed by atoms with Crippen LogP contribution in [0.4, 0.5) is 5.95 Å². The van der Waals surface area contributed by atoms with E-state index >= 15 is 0 Å². The maximum absolute atomic E-state index is 5.79. The lowest BCUT2D eigenvalue weighted by Gasteiger charge is -2.51. The van der Waals surface area contributed by atoms with Gasteiger partial charge in [-0.25, -0.2) is 0 Å². The number of aromatic nitrogens is 3. The Labute approximate surface area is 111 Å². The van der Waals surface area contributed by atoms with E-state index < -0.39 is 0 Å². The number of nitrogens with one attached hydrogen (secondary N) is 1. The third kappa shape index (κ3) is 2.35. The Morgan fingerprint density at radius 1 is 1.28 bits per heavy atom. The van der Waals surface area contributed by atoms with E-state index in [1.165, 1.54) is 7.11 Å². The van der Waals surface area contributed by atoms with Crippen molar-refractivity contribution in [2.45, 2.75) is 32.4 Å². The summed E-state index contributed by atoms with van der Waals surface area (Å²) in [7, 11) is 3.22. The van der Waals surface area contributed by atoms with E-state index in [4.69, 9.17) is 21.1 Å². The molecular weight excluding hydrogens is 256 g/mol. The molecule has 1 saturated carbocycles. The molecule has 2 unspecified atom stereocenters. The molecule has 0 radical (unpaired) electrons. The third-order valence-corrected chi connectivity index (χ3v) is 3.70.